The number of allylic oxidation sites excluding steroid dienone is 8. The van der Waals surface area contributed by atoms with Crippen LogP contribution in [0.2, 0.25) is 0 Å². The molecule has 0 saturated carbocycles. The maximum absolute atomic E-state index is 12.4. The first-order valence-electron chi connectivity index (χ1n) is 17.1. The molecular formula is C35H64NO7P. The van der Waals surface area contributed by atoms with Crippen LogP contribution in [0.25, 0.3) is 0 Å². The van der Waals surface area contributed by atoms with E-state index in [1.165, 1.54) is 51.4 Å². The highest BCUT2D eigenvalue weighted by Gasteiger charge is 2.25. The van der Waals surface area contributed by atoms with Gasteiger partial charge in [-0.15, -0.1) is 0 Å². The Bertz CT molecular complexity index is 813. The first-order valence-corrected chi connectivity index (χ1v) is 18.6. The summed E-state index contributed by atoms with van der Waals surface area (Å²) in [6.07, 6.45) is 35.6. The maximum Gasteiger partial charge on any atom is 0.472 e. The van der Waals surface area contributed by atoms with Gasteiger partial charge in [0.15, 0.2) is 0 Å². The average Bonchev–Trinajstić information content (AvgIpc) is 3.01. The fourth-order valence-electron chi connectivity index (χ4n) is 4.29. The molecule has 0 aliphatic rings. The lowest BCUT2D eigenvalue weighted by atomic mass is 10.1. The predicted octanol–water partition coefficient (Wildman–Crippen LogP) is 9.29. The van der Waals surface area contributed by atoms with E-state index in [9.17, 15) is 14.3 Å². The Balaban J connectivity index is 4.25. The number of phosphoric acid groups is 1. The normalized spacial score (nSPS) is 14.4. The Morgan fingerprint density at radius 1 is 0.705 bits per heavy atom. The van der Waals surface area contributed by atoms with Gasteiger partial charge < -0.3 is 20.1 Å². The smallest absolute Gasteiger partial charge is 0.457 e. The third-order valence-electron chi connectivity index (χ3n) is 6.76. The zero-order valence-corrected chi connectivity index (χ0v) is 28.8. The van der Waals surface area contributed by atoms with Gasteiger partial charge in [-0.1, -0.05) is 127 Å². The number of carbonyl (C=O) groups is 1. The minimum Gasteiger partial charge on any atom is -0.457 e. The predicted molar refractivity (Wildman–Crippen MR) is 182 cm³/mol. The van der Waals surface area contributed by atoms with Gasteiger partial charge in [0.1, 0.15) is 6.10 Å². The van der Waals surface area contributed by atoms with Gasteiger partial charge in [-0.05, 0) is 44.9 Å². The molecule has 3 N–H and O–H groups in total. The van der Waals surface area contributed by atoms with E-state index in [4.69, 9.17) is 24.3 Å². The van der Waals surface area contributed by atoms with Gasteiger partial charge in [0.05, 0.1) is 19.8 Å². The molecule has 256 valence electrons. The Morgan fingerprint density at radius 2 is 1.25 bits per heavy atom. The number of hydrogen-bond acceptors (Lipinski definition) is 7. The second kappa shape index (κ2) is 32.8. The van der Waals surface area contributed by atoms with Gasteiger partial charge >= 0.3 is 13.8 Å². The molecule has 0 amide bonds. The fourth-order valence-corrected chi connectivity index (χ4v) is 5.06. The zero-order valence-electron chi connectivity index (χ0n) is 27.9. The Labute approximate surface area is 269 Å². The molecule has 0 aromatic heterocycles. The number of rotatable bonds is 32. The molecule has 0 aromatic carbocycles. The Kier molecular flexibility index (Phi) is 31.7. The van der Waals surface area contributed by atoms with Crippen molar-refractivity contribution in [1.82, 2.24) is 0 Å². The van der Waals surface area contributed by atoms with Crippen molar-refractivity contribution in [3.8, 4) is 0 Å². The molecule has 0 rings (SSSR count). The van der Waals surface area contributed by atoms with E-state index >= 15 is 0 Å². The zero-order chi connectivity index (χ0) is 32.4. The molecule has 0 saturated heterocycles. The third kappa shape index (κ3) is 31.9. The van der Waals surface area contributed by atoms with E-state index in [-0.39, 0.29) is 32.3 Å². The molecule has 8 nitrogen and oxygen atoms in total. The number of esters is 1. The molecule has 0 spiro atoms. The van der Waals surface area contributed by atoms with Crippen LogP contribution in [-0.4, -0.2) is 49.9 Å². The summed E-state index contributed by atoms with van der Waals surface area (Å²) in [5, 5.41) is 0. The number of carbonyl (C=O) groups excluding carboxylic acids is 1. The van der Waals surface area contributed by atoms with E-state index < -0.39 is 13.9 Å². The quantitative estimate of drug-likeness (QED) is 0.0323. The lowest BCUT2D eigenvalue weighted by Crippen LogP contribution is -2.28. The number of ether oxygens (including phenoxy) is 2. The minimum absolute atomic E-state index is 0.0785. The highest BCUT2D eigenvalue weighted by Crippen LogP contribution is 2.43. The molecule has 0 radical (unpaired) electrons. The maximum atomic E-state index is 12.4. The molecule has 0 aliphatic carbocycles. The van der Waals surface area contributed by atoms with Crippen LogP contribution < -0.4 is 5.73 Å². The van der Waals surface area contributed by atoms with Crippen molar-refractivity contribution in [3.05, 3.63) is 48.6 Å². The molecule has 0 fully saturated rings. The van der Waals surface area contributed by atoms with Gasteiger partial charge in [0.25, 0.3) is 0 Å². The Morgan fingerprint density at radius 3 is 1.82 bits per heavy atom. The molecule has 2 unspecified atom stereocenters. The van der Waals surface area contributed by atoms with E-state index in [1.807, 2.05) is 0 Å². The van der Waals surface area contributed by atoms with Gasteiger partial charge in [-0.2, -0.15) is 0 Å². The van der Waals surface area contributed by atoms with Gasteiger partial charge in [-0.3, -0.25) is 13.8 Å². The van der Waals surface area contributed by atoms with Crippen molar-refractivity contribution in [2.45, 2.75) is 136 Å². The van der Waals surface area contributed by atoms with Crippen molar-refractivity contribution in [1.29, 1.82) is 0 Å². The van der Waals surface area contributed by atoms with Crippen molar-refractivity contribution >= 4 is 13.8 Å². The number of unbranched alkanes of at least 4 members (excludes halogenated alkanes) is 11. The van der Waals surface area contributed by atoms with Crippen molar-refractivity contribution in [2.75, 3.05) is 33.0 Å². The van der Waals surface area contributed by atoms with Crippen LogP contribution in [0.15, 0.2) is 48.6 Å². The van der Waals surface area contributed by atoms with E-state index in [2.05, 4.69) is 62.5 Å². The van der Waals surface area contributed by atoms with Crippen molar-refractivity contribution < 1.29 is 32.8 Å². The lowest BCUT2D eigenvalue weighted by Gasteiger charge is -2.20. The molecule has 2 atom stereocenters. The summed E-state index contributed by atoms with van der Waals surface area (Å²) in [6, 6.07) is 0. The van der Waals surface area contributed by atoms with E-state index in [1.54, 1.807) is 0 Å². The summed E-state index contributed by atoms with van der Waals surface area (Å²) in [7, 11) is -4.28. The lowest BCUT2D eigenvalue weighted by molar-refractivity contribution is -0.154. The van der Waals surface area contributed by atoms with Gasteiger partial charge in [0, 0.05) is 19.6 Å². The Hall–Kier alpha value is -1.54. The van der Waals surface area contributed by atoms with Crippen LogP contribution in [0.4, 0.5) is 0 Å². The molecular weight excluding hydrogens is 577 g/mol. The highest BCUT2D eigenvalue weighted by molar-refractivity contribution is 7.47. The summed E-state index contributed by atoms with van der Waals surface area (Å²) < 4.78 is 33.1. The summed E-state index contributed by atoms with van der Waals surface area (Å²) in [4.78, 5) is 22.3. The fraction of sp³-hybridized carbons (Fsp3) is 0.743. The van der Waals surface area contributed by atoms with Crippen molar-refractivity contribution in [3.63, 3.8) is 0 Å². The van der Waals surface area contributed by atoms with Gasteiger partial charge in [0.2, 0.25) is 0 Å². The van der Waals surface area contributed by atoms with Crippen LogP contribution >= 0.6 is 7.82 Å². The van der Waals surface area contributed by atoms with Crippen LogP contribution in [0.5, 0.6) is 0 Å². The minimum atomic E-state index is -4.28. The summed E-state index contributed by atoms with van der Waals surface area (Å²) >= 11 is 0. The second-order valence-electron chi connectivity index (χ2n) is 11.0. The van der Waals surface area contributed by atoms with E-state index in [0.29, 0.717) is 13.0 Å². The molecule has 0 bridgehead atoms. The third-order valence-corrected chi connectivity index (χ3v) is 7.74. The molecule has 0 aromatic rings. The molecule has 44 heavy (non-hydrogen) atoms. The average molecular weight is 642 g/mol. The highest BCUT2D eigenvalue weighted by atomic mass is 31.2. The topological polar surface area (TPSA) is 117 Å². The standard InChI is InChI=1S/C35H64NO7P/c1-3-5-7-9-11-13-15-16-17-19-21-23-25-27-30-40-32-34(33-42-44(38,39)41-31-29-36)43-35(37)28-26-24-22-20-18-14-12-10-8-6-4-2/h5,7,11,13,16-17,21,23,34H,3-4,6,8-10,12,14-15,18-20,22,24-33,36H2,1-2H3,(H,38,39)/b7-5-,13-11-,17-16-,23-21-. The van der Waals surface area contributed by atoms with Crippen molar-refractivity contribution in [2.24, 2.45) is 5.73 Å². The first kappa shape index (κ1) is 42.5. The molecule has 9 heteroatoms. The summed E-state index contributed by atoms with van der Waals surface area (Å²) in [6.45, 7) is 4.62. The van der Waals surface area contributed by atoms with Gasteiger partial charge in [-0.25, -0.2) is 4.57 Å². The van der Waals surface area contributed by atoms with Crippen LogP contribution in [0, 0.1) is 0 Å². The SMILES string of the molecule is CC/C=C\C/C=C\C/C=C\C/C=C\CCCOCC(COP(=O)(O)OCCN)OC(=O)CCCCCCCCCCCCC. The summed E-state index contributed by atoms with van der Waals surface area (Å²) in [5.74, 6) is -0.353. The van der Waals surface area contributed by atoms with E-state index in [0.717, 1.165) is 57.8 Å². The number of nitrogens with two attached hydrogens (primary N) is 1. The number of hydrogen-bond donors (Lipinski definition) is 2. The summed E-state index contributed by atoms with van der Waals surface area (Å²) in [5.41, 5.74) is 5.33. The monoisotopic (exact) mass is 641 g/mol. The second-order valence-corrected chi connectivity index (χ2v) is 12.5. The molecule has 0 heterocycles. The van der Waals surface area contributed by atoms with Crippen LogP contribution in [-0.2, 0) is 27.9 Å². The largest absolute Gasteiger partial charge is 0.472 e. The van der Waals surface area contributed by atoms with Crippen LogP contribution in [0.3, 0.4) is 0 Å². The van der Waals surface area contributed by atoms with Crippen LogP contribution in [0.1, 0.15) is 129 Å². The number of phosphoric ester groups is 1. The first-order chi connectivity index (χ1) is 21.4. The molecule has 0 aliphatic heterocycles.